The number of carbonyl (C=O) groups excluding carboxylic acids is 2. The maximum Gasteiger partial charge on any atom is 0.343 e. The highest BCUT2D eigenvalue weighted by molar-refractivity contribution is 5.91. The Morgan fingerprint density at radius 2 is 0.839 bits per heavy atom. The SMILES string of the molecule is CCCCCC1CCC(c2ccc(C(=O)Oc3ccc(C#N)cc3)cc2)CC1.CCCCCC1CCC(c2ccc(C(=O)Oc3ccc(C#N)cc3)cc2)CC1. The highest BCUT2D eigenvalue weighted by atomic mass is 16.5. The molecule has 2 saturated carbocycles. The van der Waals surface area contributed by atoms with Gasteiger partial charge in [-0.15, -0.1) is 0 Å². The first kappa shape index (κ1) is 42.0. The van der Waals surface area contributed by atoms with Gasteiger partial charge >= 0.3 is 11.9 Å². The van der Waals surface area contributed by atoms with Crippen LogP contribution >= 0.6 is 0 Å². The summed E-state index contributed by atoms with van der Waals surface area (Å²) >= 11 is 0. The highest BCUT2D eigenvalue weighted by Gasteiger charge is 2.24. The van der Waals surface area contributed by atoms with Crippen molar-refractivity contribution in [2.45, 2.75) is 128 Å². The van der Waals surface area contributed by atoms with Crippen molar-refractivity contribution in [3.8, 4) is 23.6 Å². The van der Waals surface area contributed by atoms with Crippen LogP contribution in [0.1, 0.15) is 171 Å². The Morgan fingerprint density at radius 1 is 0.500 bits per heavy atom. The molecule has 0 saturated heterocycles. The zero-order valence-electron chi connectivity index (χ0n) is 33.4. The van der Waals surface area contributed by atoms with Gasteiger partial charge in [-0.2, -0.15) is 10.5 Å². The number of nitriles is 2. The fourth-order valence-corrected chi connectivity index (χ4v) is 8.24. The Morgan fingerprint density at radius 3 is 1.14 bits per heavy atom. The summed E-state index contributed by atoms with van der Waals surface area (Å²) < 4.78 is 10.8. The summed E-state index contributed by atoms with van der Waals surface area (Å²) in [7, 11) is 0. The molecule has 6 rings (SSSR count). The van der Waals surface area contributed by atoms with Gasteiger partial charge in [-0.25, -0.2) is 9.59 Å². The van der Waals surface area contributed by atoms with E-state index in [-0.39, 0.29) is 11.9 Å². The normalized spacial score (nSPS) is 19.0. The van der Waals surface area contributed by atoms with Crippen molar-refractivity contribution in [2.75, 3.05) is 0 Å². The lowest BCUT2D eigenvalue weighted by molar-refractivity contribution is 0.0725. The number of esters is 2. The van der Waals surface area contributed by atoms with Crippen LogP contribution in [0.5, 0.6) is 11.5 Å². The van der Waals surface area contributed by atoms with E-state index in [0.717, 1.165) is 11.8 Å². The molecule has 56 heavy (non-hydrogen) atoms. The summed E-state index contributed by atoms with van der Waals surface area (Å²) in [6.07, 6.45) is 21.2. The quantitative estimate of drug-likeness (QED) is 0.0722. The van der Waals surface area contributed by atoms with Crippen LogP contribution < -0.4 is 9.47 Å². The summed E-state index contributed by atoms with van der Waals surface area (Å²) in [5, 5.41) is 17.7. The minimum absolute atomic E-state index is 0.365. The molecule has 4 aromatic carbocycles. The topological polar surface area (TPSA) is 100 Å². The van der Waals surface area contributed by atoms with Crippen LogP contribution in [0.15, 0.2) is 97.1 Å². The molecule has 6 heteroatoms. The number of hydrogen-bond donors (Lipinski definition) is 0. The average Bonchev–Trinajstić information content (AvgIpc) is 3.25. The third-order valence-electron chi connectivity index (χ3n) is 11.7. The van der Waals surface area contributed by atoms with E-state index in [9.17, 15) is 9.59 Å². The van der Waals surface area contributed by atoms with Crippen LogP contribution in [0, 0.1) is 34.5 Å². The molecule has 292 valence electrons. The molecule has 0 heterocycles. The van der Waals surface area contributed by atoms with E-state index in [1.165, 1.54) is 114 Å². The first-order valence-electron chi connectivity index (χ1n) is 21.0. The number of rotatable bonds is 14. The molecule has 0 N–H and O–H groups in total. The first-order chi connectivity index (χ1) is 27.4. The maximum atomic E-state index is 12.3. The summed E-state index contributed by atoms with van der Waals surface area (Å²) in [5.41, 5.74) is 4.88. The van der Waals surface area contributed by atoms with Gasteiger partial charge in [-0.05, 0) is 159 Å². The van der Waals surface area contributed by atoms with Crippen molar-refractivity contribution in [3.63, 3.8) is 0 Å². The number of carbonyl (C=O) groups is 2. The van der Waals surface area contributed by atoms with E-state index in [1.54, 1.807) is 48.5 Å². The van der Waals surface area contributed by atoms with E-state index in [2.05, 4.69) is 50.3 Å². The van der Waals surface area contributed by atoms with E-state index >= 15 is 0 Å². The Kier molecular flexibility index (Phi) is 16.8. The Balaban J connectivity index is 0.000000214. The standard InChI is InChI=1S/2C25H29NO2/c2*1-2-3-4-5-19-6-10-21(11-7-19)22-12-14-23(15-13-22)25(27)28-24-16-8-20(18-26)9-17-24/h2*8-9,12-17,19,21H,2-7,10-11H2,1H3. The summed E-state index contributed by atoms with van der Waals surface area (Å²) in [6.45, 7) is 4.53. The first-order valence-corrected chi connectivity index (χ1v) is 21.0. The number of benzene rings is 4. The third-order valence-corrected chi connectivity index (χ3v) is 11.7. The molecule has 4 aromatic rings. The molecule has 2 aliphatic carbocycles. The predicted octanol–water partition coefficient (Wildman–Crippen LogP) is 13.3. The van der Waals surface area contributed by atoms with Crippen LogP contribution in [-0.2, 0) is 0 Å². The predicted molar refractivity (Wildman–Crippen MR) is 223 cm³/mol. The van der Waals surface area contributed by atoms with Crippen molar-refractivity contribution in [2.24, 2.45) is 11.8 Å². The summed E-state index contributed by atoms with van der Waals surface area (Å²) in [5.74, 6) is 3.22. The maximum absolute atomic E-state index is 12.3. The van der Waals surface area contributed by atoms with Crippen LogP contribution in [0.25, 0.3) is 0 Å². The molecular weight excluding hydrogens is 693 g/mol. The zero-order chi connectivity index (χ0) is 39.5. The molecule has 0 atom stereocenters. The average molecular weight is 751 g/mol. The lowest BCUT2D eigenvalue weighted by atomic mass is 9.77. The molecule has 0 aromatic heterocycles. The van der Waals surface area contributed by atoms with Crippen molar-refractivity contribution in [3.05, 3.63) is 130 Å². The molecule has 0 radical (unpaired) electrons. The number of hydrogen-bond acceptors (Lipinski definition) is 6. The van der Waals surface area contributed by atoms with Crippen molar-refractivity contribution >= 4 is 11.9 Å². The summed E-state index contributed by atoms with van der Waals surface area (Å²) in [6, 6.07) is 33.0. The van der Waals surface area contributed by atoms with E-state index in [4.69, 9.17) is 20.0 Å². The van der Waals surface area contributed by atoms with Gasteiger partial charge in [0.05, 0.1) is 34.4 Å². The molecular formula is C50H58N2O4. The van der Waals surface area contributed by atoms with Crippen molar-refractivity contribution in [1.82, 2.24) is 0 Å². The van der Waals surface area contributed by atoms with E-state index in [0.29, 0.717) is 45.6 Å². The fourth-order valence-electron chi connectivity index (χ4n) is 8.24. The lowest BCUT2D eigenvalue weighted by Crippen LogP contribution is -2.14. The van der Waals surface area contributed by atoms with Crippen LogP contribution in [-0.4, -0.2) is 11.9 Å². The van der Waals surface area contributed by atoms with E-state index < -0.39 is 0 Å². The van der Waals surface area contributed by atoms with Crippen LogP contribution in [0.3, 0.4) is 0 Å². The third kappa shape index (κ3) is 12.9. The highest BCUT2D eigenvalue weighted by Crippen LogP contribution is 2.39. The fraction of sp³-hybridized carbons (Fsp3) is 0.440. The lowest BCUT2D eigenvalue weighted by Gasteiger charge is -2.29. The summed E-state index contributed by atoms with van der Waals surface area (Å²) in [4.78, 5) is 24.7. The molecule has 6 nitrogen and oxygen atoms in total. The van der Waals surface area contributed by atoms with Gasteiger partial charge in [-0.3, -0.25) is 0 Å². The molecule has 0 amide bonds. The van der Waals surface area contributed by atoms with Gasteiger partial charge in [0.15, 0.2) is 0 Å². The molecule has 0 spiro atoms. The van der Waals surface area contributed by atoms with Gasteiger partial charge < -0.3 is 9.47 Å². The Bertz CT molecular complexity index is 1730. The van der Waals surface area contributed by atoms with Gasteiger partial charge in [0.25, 0.3) is 0 Å². The van der Waals surface area contributed by atoms with E-state index in [1.807, 2.05) is 24.3 Å². The zero-order valence-corrected chi connectivity index (χ0v) is 33.4. The second-order valence-corrected chi connectivity index (χ2v) is 15.7. The second-order valence-electron chi connectivity index (χ2n) is 15.7. The smallest absolute Gasteiger partial charge is 0.343 e. The number of unbranched alkanes of at least 4 members (excludes halogenated alkanes) is 4. The van der Waals surface area contributed by atoms with Gasteiger partial charge in [0.2, 0.25) is 0 Å². The molecule has 0 bridgehead atoms. The Labute approximate surface area is 334 Å². The second kappa shape index (κ2) is 22.4. The van der Waals surface area contributed by atoms with Crippen molar-refractivity contribution < 1.29 is 19.1 Å². The number of nitrogens with zero attached hydrogens (tertiary/aromatic N) is 2. The monoisotopic (exact) mass is 750 g/mol. The molecule has 2 fully saturated rings. The largest absolute Gasteiger partial charge is 0.423 e. The van der Waals surface area contributed by atoms with Crippen LogP contribution in [0.4, 0.5) is 0 Å². The van der Waals surface area contributed by atoms with Crippen LogP contribution in [0.2, 0.25) is 0 Å². The van der Waals surface area contributed by atoms with Gasteiger partial charge in [0.1, 0.15) is 11.5 Å². The van der Waals surface area contributed by atoms with Gasteiger partial charge in [-0.1, -0.05) is 89.5 Å². The molecule has 0 unspecified atom stereocenters. The van der Waals surface area contributed by atoms with Gasteiger partial charge in [0, 0.05) is 0 Å². The minimum atomic E-state index is -0.365. The Hall–Kier alpha value is -5.20. The molecule has 0 aliphatic heterocycles. The van der Waals surface area contributed by atoms with Crippen molar-refractivity contribution in [1.29, 1.82) is 10.5 Å². The number of ether oxygens (including phenoxy) is 2. The minimum Gasteiger partial charge on any atom is -0.423 e. The molecule has 2 aliphatic rings.